The van der Waals surface area contributed by atoms with E-state index in [0.29, 0.717) is 0 Å². The highest BCUT2D eigenvalue weighted by atomic mass is 19.1. The zero-order valence-electron chi connectivity index (χ0n) is 8.95. The molecule has 1 aromatic carbocycles. The highest BCUT2D eigenvalue weighted by Gasteiger charge is 2.11. The van der Waals surface area contributed by atoms with Crippen molar-refractivity contribution in [3.8, 4) is 11.6 Å². The molecule has 0 bridgehead atoms. The van der Waals surface area contributed by atoms with Crippen molar-refractivity contribution in [3.05, 3.63) is 41.9 Å². The molecule has 1 heterocycles. The first kappa shape index (κ1) is 11.3. The van der Waals surface area contributed by atoms with Crippen LogP contribution in [-0.4, -0.2) is 9.97 Å². The first-order chi connectivity index (χ1) is 8.08. The van der Waals surface area contributed by atoms with E-state index < -0.39 is 11.6 Å². The second-order valence-corrected chi connectivity index (χ2v) is 3.36. The van der Waals surface area contributed by atoms with E-state index in [1.165, 1.54) is 19.3 Å². The second-order valence-electron chi connectivity index (χ2n) is 3.36. The van der Waals surface area contributed by atoms with E-state index in [4.69, 9.17) is 10.5 Å². The van der Waals surface area contributed by atoms with E-state index in [2.05, 4.69) is 9.97 Å². The third-order valence-corrected chi connectivity index (χ3v) is 2.11. The van der Waals surface area contributed by atoms with E-state index >= 15 is 0 Å². The van der Waals surface area contributed by atoms with E-state index in [-0.39, 0.29) is 23.0 Å². The molecule has 0 aliphatic rings. The number of halogens is 2. The fraction of sp³-hybridized carbons (Fsp3) is 0.0909. The maximum atomic E-state index is 13.5. The number of hydrogen-bond donors (Lipinski definition) is 1. The molecule has 0 amide bonds. The minimum absolute atomic E-state index is 0.0701. The molecule has 0 saturated carbocycles. The Morgan fingerprint density at radius 3 is 2.71 bits per heavy atom. The van der Waals surface area contributed by atoms with Crippen molar-refractivity contribution in [3.63, 3.8) is 0 Å². The third kappa shape index (κ3) is 2.30. The van der Waals surface area contributed by atoms with Crippen LogP contribution in [-0.2, 0) is 0 Å². The Kier molecular flexibility index (Phi) is 2.86. The molecule has 17 heavy (non-hydrogen) atoms. The SMILES string of the molecule is Cc1ncnc(Oc2ccc(F)cc2N)c1F. The van der Waals surface area contributed by atoms with Gasteiger partial charge in [0, 0.05) is 6.07 Å². The number of ether oxygens (including phenoxy) is 1. The molecule has 0 saturated heterocycles. The number of anilines is 1. The Balaban J connectivity index is 2.35. The van der Waals surface area contributed by atoms with Crippen molar-refractivity contribution in [2.24, 2.45) is 0 Å². The minimum atomic E-state index is -0.670. The molecular formula is C11H9F2N3O. The molecular weight excluding hydrogens is 228 g/mol. The van der Waals surface area contributed by atoms with Gasteiger partial charge in [0.05, 0.1) is 11.4 Å². The lowest BCUT2D eigenvalue weighted by atomic mass is 10.3. The molecule has 0 fully saturated rings. The van der Waals surface area contributed by atoms with Gasteiger partial charge in [0.25, 0.3) is 5.88 Å². The van der Waals surface area contributed by atoms with Gasteiger partial charge in [-0.1, -0.05) is 0 Å². The van der Waals surface area contributed by atoms with Crippen molar-refractivity contribution < 1.29 is 13.5 Å². The molecule has 0 atom stereocenters. The summed E-state index contributed by atoms with van der Waals surface area (Å²) in [5, 5.41) is 0. The van der Waals surface area contributed by atoms with Crippen molar-refractivity contribution in [2.75, 3.05) is 5.73 Å². The summed E-state index contributed by atoms with van der Waals surface area (Å²) in [4.78, 5) is 7.30. The maximum Gasteiger partial charge on any atom is 0.259 e. The van der Waals surface area contributed by atoms with Gasteiger partial charge >= 0.3 is 0 Å². The van der Waals surface area contributed by atoms with Gasteiger partial charge in [-0.3, -0.25) is 0 Å². The van der Waals surface area contributed by atoms with Crippen LogP contribution < -0.4 is 10.5 Å². The van der Waals surface area contributed by atoms with E-state index in [0.717, 1.165) is 12.1 Å². The van der Waals surface area contributed by atoms with Crippen LogP contribution in [0.15, 0.2) is 24.5 Å². The highest BCUT2D eigenvalue weighted by Crippen LogP contribution is 2.28. The Hall–Kier alpha value is -2.24. The number of nitrogens with two attached hydrogens (primary N) is 1. The van der Waals surface area contributed by atoms with Crippen LogP contribution in [0.25, 0.3) is 0 Å². The number of rotatable bonds is 2. The topological polar surface area (TPSA) is 61.0 Å². The van der Waals surface area contributed by atoms with Crippen LogP contribution in [0.5, 0.6) is 11.6 Å². The lowest BCUT2D eigenvalue weighted by Gasteiger charge is -2.08. The molecule has 2 rings (SSSR count). The first-order valence-corrected chi connectivity index (χ1v) is 4.78. The van der Waals surface area contributed by atoms with Crippen LogP contribution in [0.2, 0.25) is 0 Å². The summed E-state index contributed by atoms with van der Waals surface area (Å²) in [6.45, 7) is 1.48. The Morgan fingerprint density at radius 1 is 1.24 bits per heavy atom. The van der Waals surface area contributed by atoms with Crippen molar-refractivity contribution >= 4 is 5.69 Å². The largest absolute Gasteiger partial charge is 0.434 e. The zero-order valence-corrected chi connectivity index (χ0v) is 8.95. The number of benzene rings is 1. The fourth-order valence-electron chi connectivity index (χ4n) is 1.22. The van der Waals surface area contributed by atoms with Gasteiger partial charge in [0.1, 0.15) is 12.1 Å². The van der Waals surface area contributed by atoms with Crippen LogP contribution >= 0.6 is 0 Å². The Morgan fingerprint density at radius 2 is 2.00 bits per heavy atom. The monoisotopic (exact) mass is 237 g/mol. The summed E-state index contributed by atoms with van der Waals surface area (Å²) in [6, 6.07) is 3.56. The molecule has 0 aliphatic carbocycles. The minimum Gasteiger partial charge on any atom is -0.434 e. The van der Waals surface area contributed by atoms with E-state index in [1.807, 2.05) is 0 Å². The van der Waals surface area contributed by atoms with Gasteiger partial charge in [-0.25, -0.2) is 9.37 Å². The number of hydrogen-bond acceptors (Lipinski definition) is 4. The molecule has 0 unspecified atom stereocenters. The van der Waals surface area contributed by atoms with Crippen LogP contribution in [0, 0.1) is 18.6 Å². The summed E-state index contributed by atoms with van der Waals surface area (Å²) in [5.74, 6) is -1.26. The van der Waals surface area contributed by atoms with Gasteiger partial charge in [-0.2, -0.15) is 9.37 Å². The van der Waals surface area contributed by atoms with Crippen LogP contribution in [0.4, 0.5) is 14.5 Å². The fourth-order valence-corrected chi connectivity index (χ4v) is 1.22. The molecule has 2 N–H and O–H groups in total. The number of nitrogen functional groups attached to an aromatic ring is 1. The van der Waals surface area contributed by atoms with Crippen molar-refractivity contribution in [1.29, 1.82) is 0 Å². The second kappa shape index (κ2) is 4.32. The molecule has 2 aromatic rings. The molecule has 6 heteroatoms. The smallest absolute Gasteiger partial charge is 0.259 e. The first-order valence-electron chi connectivity index (χ1n) is 4.78. The average molecular weight is 237 g/mol. The van der Waals surface area contributed by atoms with Crippen molar-refractivity contribution in [2.45, 2.75) is 6.92 Å². The van der Waals surface area contributed by atoms with Gasteiger partial charge in [-0.15, -0.1) is 0 Å². The van der Waals surface area contributed by atoms with Crippen LogP contribution in [0.1, 0.15) is 5.69 Å². The molecule has 88 valence electrons. The summed E-state index contributed by atoms with van der Waals surface area (Å²) in [5.41, 5.74) is 5.76. The van der Waals surface area contributed by atoms with Crippen molar-refractivity contribution in [1.82, 2.24) is 9.97 Å². The lowest BCUT2D eigenvalue weighted by molar-refractivity contribution is 0.417. The number of nitrogens with zero attached hydrogens (tertiary/aromatic N) is 2. The summed E-state index contributed by atoms with van der Waals surface area (Å²) in [6.07, 6.45) is 1.17. The van der Waals surface area contributed by atoms with Crippen LogP contribution in [0.3, 0.4) is 0 Å². The van der Waals surface area contributed by atoms with Gasteiger partial charge in [0.2, 0.25) is 5.82 Å². The predicted molar refractivity (Wildman–Crippen MR) is 57.6 cm³/mol. The predicted octanol–water partition coefficient (Wildman–Crippen LogP) is 2.44. The molecule has 0 spiro atoms. The van der Waals surface area contributed by atoms with Gasteiger partial charge in [0.15, 0.2) is 5.75 Å². The van der Waals surface area contributed by atoms with Gasteiger partial charge in [-0.05, 0) is 19.1 Å². The molecule has 0 aliphatic heterocycles. The molecule has 1 aromatic heterocycles. The highest BCUT2D eigenvalue weighted by molar-refractivity contribution is 5.53. The molecule has 0 radical (unpaired) electrons. The van der Waals surface area contributed by atoms with E-state index in [9.17, 15) is 8.78 Å². The quantitative estimate of drug-likeness (QED) is 0.815. The number of aromatic nitrogens is 2. The Bertz CT molecular complexity index is 560. The normalized spacial score (nSPS) is 10.3. The summed E-state index contributed by atoms with van der Waals surface area (Å²) in [7, 11) is 0. The zero-order chi connectivity index (χ0) is 12.4. The summed E-state index contributed by atoms with van der Waals surface area (Å²) >= 11 is 0. The maximum absolute atomic E-state index is 13.5. The van der Waals surface area contributed by atoms with Gasteiger partial charge < -0.3 is 10.5 Å². The average Bonchev–Trinajstić information content (AvgIpc) is 2.28. The standard InChI is InChI=1S/C11H9F2N3O/c1-6-10(13)11(16-5-15-6)17-9-3-2-7(12)4-8(9)14/h2-5H,14H2,1H3. The third-order valence-electron chi connectivity index (χ3n) is 2.11. The Labute approximate surface area is 96.1 Å². The lowest BCUT2D eigenvalue weighted by Crippen LogP contribution is -1.99. The summed E-state index contributed by atoms with van der Waals surface area (Å²) < 4.78 is 31.5. The van der Waals surface area contributed by atoms with E-state index in [1.54, 1.807) is 0 Å². The number of aryl methyl sites for hydroxylation is 1. The molecule has 4 nitrogen and oxygen atoms in total.